The molecule has 0 unspecified atom stereocenters. The van der Waals surface area contributed by atoms with E-state index < -0.39 is 16.1 Å². The molecule has 3 aromatic rings. The van der Waals surface area contributed by atoms with Crippen LogP contribution in [0, 0.1) is 0 Å². The lowest BCUT2D eigenvalue weighted by Crippen LogP contribution is -2.50. The smallest absolute Gasteiger partial charge is 0.244 e. The number of ether oxygens (including phenoxy) is 1. The summed E-state index contributed by atoms with van der Waals surface area (Å²) in [5.74, 6) is 0.346. The molecule has 1 aliphatic heterocycles. The maximum atomic E-state index is 13.4. The SMILES string of the molecule is CCOc1ccc(NC(=O)[C@H]2Cc3ccccc3CN2S(=O)(=O)c2ccccc2)cc1. The number of carbonyl (C=O) groups excluding carboxylic acids is 1. The normalized spacial score (nSPS) is 16.4. The third-order valence-electron chi connectivity index (χ3n) is 5.29. The van der Waals surface area contributed by atoms with Crippen LogP contribution >= 0.6 is 0 Å². The van der Waals surface area contributed by atoms with Gasteiger partial charge < -0.3 is 10.1 Å². The molecule has 0 fully saturated rings. The number of nitrogens with one attached hydrogen (secondary N) is 1. The maximum absolute atomic E-state index is 13.4. The lowest BCUT2D eigenvalue weighted by Gasteiger charge is -2.35. The number of amides is 1. The largest absolute Gasteiger partial charge is 0.494 e. The molecule has 1 N–H and O–H groups in total. The molecule has 0 aromatic heterocycles. The maximum Gasteiger partial charge on any atom is 0.244 e. The van der Waals surface area contributed by atoms with Crippen molar-refractivity contribution in [1.82, 2.24) is 4.31 Å². The van der Waals surface area contributed by atoms with Crippen molar-refractivity contribution in [2.24, 2.45) is 0 Å². The van der Waals surface area contributed by atoms with Gasteiger partial charge in [-0.2, -0.15) is 4.31 Å². The summed E-state index contributed by atoms with van der Waals surface area (Å²) in [6.45, 7) is 2.60. The van der Waals surface area contributed by atoms with Crippen molar-refractivity contribution in [3.8, 4) is 5.75 Å². The molecule has 1 atom stereocenters. The molecule has 0 bridgehead atoms. The lowest BCUT2D eigenvalue weighted by atomic mass is 9.95. The van der Waals surface area contributed by atoms with Crippen LogP contribution in [0.25, 0.3) is 0 Å². The standard InChI is InChI=1S/C24H24N2O4S/c1-2-30-21-14-12-20(13-15-21)25-24(27)23-16-18-8-6-7-9-19(18)17-26(23)31(28,29)22-10-4-3-5-11-22/h3-15,23H,2,16-17H2,1H3,(H,25,27)/t23-/m1/s1. The number of sulfonamides is 1. The van der Waals surface area contributed by atoms with E-state index in [1.807, 2.05) is 31.2 Å². The van der Waals surface area contributed by atoms with E-state index in [0.717, 1.165) is 11.1 Å². The minimum atomic E-state index is -3.85. The fourth-order valence-electron chi connectivity index (χ4n) is 3.73. The topological polar surface area (TPSA) is 75.7 Å². The van der Waals surface area contributed by atoms with Crippen LogP contribution in [-0.4, -0.2) is 31.3 Å². The third kappa shape index (κ3) is 4.47. The Morgan fingerprint density at radius 2 is 1.61 bits per heavy atom. The number of carbonyl (C=O) groups is 1. The second-order valence-electron chi connectivity index (χ2n) is 7.30. The average Bonchev–Trinajstić information content (AvgIpc) is 2.80. The first-order chi connectivity index (χ1) is 15.0. The predicted molar refractivity (Wildman–Crippen MR) is 119 cm³/mol. The van der Waals surface area contributed by atoms with Crippen molar-refractivity contribution in [1.29, 1.82) is 0 Å². The zero-order valence-electron chi connectivity index (χ0n) is 17.2. The van der Waals surface area contributed by atoms with Crippen LogP contribution in [0.4, 0.5) is 5.69 Å². The third-order valence-corrected chi connectivity index (χ3v) is 7.16. The van der Waals surface area contributed by atoms with Crippen molar-refractivity contribution < 1.29 is 17.9 Å². The van der Waals surface area contributed by atoms with Gasteiger partial charge in [-0.1, -0.05) is 42.5 Å². The van der Waals surface area contributed by atoms with E-state index in [9.17, 15) is 13.2 Å². The van der Waals surface area contributed by atoms with Crippen molar-refractivity contribution in [3.63, 3.8) is 0 Å². The molecular formula is C24H24N2O4S. The van der Waals surface area contributed by atoms with Crippen LogP contribution < -0.4 is 10.1 Å². The summed E-state index contributed by atoms with van der Waals surface area (Å²) in [6, 6.07) is 22.0. The monoisotopic (exact) mass is 436 g/mol. The molecule has 7 heteroatoms. The highest BCUT2D eigenvalue weighted by atomic mass is 32.2. The highest BCUT2D eigenvalue weighted by molar-refractivity contribution is 7.89. The van der Waals surface area contributed by atoms with Gasteiger partial charge in [-0.05, 0) is 60.9 Å². The van der Waals surface area contributed by atoms with E-state index in [1.165, 1.54) is 4.31 Å². The van der Waals surface area contributed by atoms with Gasteiger partial charge in [0.05, 0.1) is 11.5 Å². The molecule has 1 aliphatic rings. The molecule has 0 saturated carbocycles. The van der Waals surface area contributed by atoms with Gasteiger partial charge in [-0.3, -0.25) is 4.79 Å². The highest BCUT2D eigenvalue weighted by Crippen LogP contribution is 2.30. The van der Waals surface area contributed by atoms with Gasteiger partial charge in [0.1, 0.15) is 11.8 Å². The first kappa shape index (κ1) is 21.1. The Labute approximate surface area is 182 Å². The molecule has 3 aromatic carbocycles. The molecule has 0 spiro atoms. The summed E-state index contributed by atoms with van der Waals surface area (Å²) in [6.07, 6.45) is 0.311. The summed E-state index contributed by atoms with van der Waals surface area (Å²) in [4.78, 5) is 13.4. The molecule has 4 rings (SSSR count). The Kier molecular flexibility index (Phi) is 6.06. The number of nitrogens with zero attached hydrogens (tertiary/aromatic N) is 1. The molecule has 1 amide bonds. The van der Waals surface area contributed by atoms with Crippen LogP contribution in [0.15, 0.2) is 83.8 Å². The van der Waals surface area contributed by atoms with Gasteiger partial charge in [-0.15, -0.1) is 0 Å². The van der Waals surface area contributed by atoms with E-state index in [2.05, 4.69) is 5.32 Å². The van der Waals surface area contributed by atoms with Crippen molar-refractivity contribution >= 4 is 21.6 Å². The van der Waals surface area contributed by atoms with Crippen LogP contribution in [0.2, 0.25) is 0 Å². The lowest BCUT2D eigenvalue weighted by molar-refractivity contribution is -0.120. The molecule has 160 valence electrons. The summed E-state index contributed by atoms with van der Waals surface area (Å²) in [5.41, 5.74) is 2.48. The van der Waals surface area contributed by atoms with Gasteiger partial charge in [0.25, 0.3) is 0 Å². The Hall–Kier alpha value is -3.16. The predicted octanol–water partition coefficient (Wildman–Crippen LogP) is 3.84. The quantitative estimate of drug-likeness (QED) is 0.637. The molecule has 6 nitrogen and oxygen atoms in total. The van der Waals surface area contributed by atoms with Crippen LogP contribution in [0.5, 0.6) is 5.75 Å². The zero-order chi connectivity index (χ0) is 21.8. The van der Waals surface area contributed by atoms with E-state index in [1.54, 1.807) is 54.6 Å². The molecule has 1 heterocycles. The van der Waals surface area contributed by atoms with Crippen molar-refractivity contribution in [2.75, 3.05) is 11.9 Å². The van der Waals surface area contributed by atoms with Crippen molar-refractivity contribution in [2.45, 2.75) is 30.8 Å². The summed E-state index contributed by atoms with van der Waals surface area (Å²) < 4.78 is 33.6. The second-order valence-corrected chi connectivity index (χ2v) is 9.19. The van der Waals surface area contributed by atoms with E-state index in [4.69, 9.17) is 4.74 Å². The number of rotatable bonds is 6. The van der Waals surface area contributed by atoms with Gasteiger partial charge in [0.15, 0.2) is 0 Å². The Morgan fingerprint density at radius 1 is 0.968 bits per heavy atom. The fourth-order valence-corrected chi connectivity index (χ4v) is 5.32. The van der Waals surface area contributed by atoms with E-state index in [0.29, 0.717) is 24.5 Å². The zero-order valence-corrected chi connectivity index (χ0v) is 18.0. The van der Waals surface area contributed by atoms with Gasteiger partial charge >= 0.3 is 0 Å². The first-order valence-electron chi connectivity index (χ1n) is 10.2. The Morgan fingerprint density at radius 3 is 2.29 bits per heavy atom. The van der Waals surface area contributed by atoms with Crippen LogP contribution in [0.3, 0.4) is 0 Å². The minimum absolute atomic E-state index is 0.148. The Balaban J connectivity index is 1.65. The number of hydrogen-bond donors (Lipinski definition) is 1. The minimum Gasteiger partial charge on any atom is -0.494 e. The van der Waals surface area contributed by atoms with E-state index in [-0.39, 0.29) is 17.3 Å². The van der Waals surface area contributed by atoms with Crippen molar-refractivity contribution in [3.05, 3.63) is 90.0 Å². The summed E-state index contributed by atoms with van der Waals surface area (Å²) in [5, 5.41) is 2.86. The van der Waals surface area contributed by atoms with Gasteiger partial charge in [-0.25, -0.2) is 8.42 Å². The molecular weight excluding hydrogens is 412 g/mol. The number of benzene rings is 3. The molecule has 0 radical (unpaired) electrons. The molecule has 0 aliphatic carbocycles. The van der Waals surface area contributed by atoms with Crippen LogP contribution in [0.1, 0.15) is 18.1 Å². The fraction of sp³-hybridized carbons (Fsp3) is 0.208. The van der Waals surface area contributed by atoms with Gasteiger partial charge in [0, 0.05) is 12.2 Å². The second kappa shape index (κ2) is 8.91. The number of anilines is 1. The first-order valence-corrected chi connectivity index (χ1v) is 11.6. The molecule has 31 heavy (non-hydrogen) atoms. The molecule has 0 saturated heterocycles. The van der Waals surface area contributed by atoms with Gasteiger partial charge in [0.2, 0.25) is 15.9 Å². The highest BCUT2D eigenvalue weighted by Gasteiger charge is 2.39. The summed E-state index contributed by atoms with van der Waals surface area (Å²) in [7, 11) is -3.85. The Bertz CT molecular complexity index is 1160. The number of fused-ring (bicyclic) bond motifs is 1. The average molecular weight is 437 g/mol. The summed E-state index contributed by atoms with van der Waals surface area (Å²) >= 11 is 0. The van der Waals surface area contributed by atoms with Crippen LogP contribution in [-0.2, 0) is 27.8 Å². The van der Waals surface area contributed by atoms with E-state index >= 15 is 0 Å². The number of hydrogen-bond acceptors (Lipinski definition) is 4.